The van der Waals surface area contributed by atoms with Crippen molar-refractivity contribution in [3.63, 3.8) is 0 Å². The molecule has 0 aliphatic rings. The van der Waals surface area contributed by atoms with Crippen molar-refractivity contribution in [3.8, 4) is 11.4 Å². The number of aromatic amines is 1. The van der Waals surface area contributed by atoms with Crippen LogP contribution in [0.2, 0.25) is 10.0 Å². The number of halogens is 2. The number of rotatable bonds is 5. The molecule has 8 heteroatoms. The fraction of sp³-hybridized carbons (Fsp3) is 0.118. The topological polar surface area (TPSA) is 70.7 Å². The van der Waals surface area contributed by atoms with Gasteiger partial charge in [0.2, 0.25) is 11.1 Å². The van der Waals surface area contributed by atoms with Crippen molar-refractivity contribution in [2.45, 2.75) is 12.1 Å². The molecule has 3 aromatic rings. The quantitative estimate of drug-likeness (QED) is 0.610. The molecule has 1 aromatic heterocycles. The first-order valence-electron chi connectivity index (χ1n) is 7.38. The Morgan fingerprint density at radius 3 is 2.68 bits per heavy atom. The van der Waals surface area contributed by atoms with Crippen LogP contribution in [0.15, 0.2) is 47.6 Å². The number of anilines is 1. The van der Waals surface area contributed by atoms with Crippen molar-refractivity contribution in [3.05, 3.63) is 58.1 Å². The number of aryl methyl sites for hydroxylation is 1. The fourth-order valence-electron chi connectivity index (χ4n) is 2.09. The van der Waals surface area contributed by atoms with Gasteiger partial charge in [0.05, 0.1) is 16.5 Å². The van der Waals surface area contributed by atoms with Crippen molar-refractivity contribution in [1.82, 2.24) is 15.2 Å². The number of benzene rings is 2. The van der Waals surface area contributed by atoms with E-state index in [-0.39, 0.29) is 11.7 Å². The summed E-state index contributed by atoms with van der Waals surface area (Å²) in [5.74, 6) is 0.636. The number of hydrogen-bond acceptors (Lipinski definition) is 4. The molecule has 1 heterocycles. The zero-order valence-electron chi connectivity index (χ0n) is 13.2. The molecule has 0 spiro atoms. The Hall–Kier alpha value is -2.02. The fourth-order valence-corrected chi connectivity index (χ4v) is 3.09. The van der Waals surface area contributed by atoms with Crippen LogP contribution in [0.5, 0.6) is 0 Å². The van der Waals surface area contributed by atoms with Crippen LogP contribution < -0.4 is 5.32 Å². The second kappa shape index (κ2) is 7.91. The second-order valence-electron chi connectivity index (χ2n) is 5.29. The Balaban J connectivity index is 1.58. The summed E-state index contributed by atoms with van der Waals surface area (Å²) in [5.41, 5.74) is 2.50. The third kappa shape index (κ3) is 4.75. The van der Waals surface area contributed by atoms with Crippen LogP contribution in [0.25, 0.3) is 11.4 Å². The molecule has 3 rings (SSSR count). The number of thioether (sulfide) groups is 1. The smallest absolute Gasteiger partial charge is 0.234 e. The molecular formula is C17H14Cl2N4OS. The highest BCUT2D eigenvalue weighted by Gasteiger charge is 2.10. The number of hydrogen-bond donors (Lipinski definition) is 2. The highest BCUT2D eigenvalue weighted by Crippen LogP contribution is 2.24. The third-order valence-corrected chi connectivity index (χ3v) is 4.73. The number of aromatic nitrogens is 3. The molecule has 0 aliphatic carbocycles. The first-order valence-corrected chi connectivity index (χ1v) is 9.12. The third-order valence-electron chi connectivity index (χ3n) is 3.31. The molecule has 1 amide bonds. The van der Waals surface area contributed by atoms with E-state index in [0.717, 1.165) is 11.1 Å². The van der Waals surface area contributed by atoms with Gasteiger partial charge in [-0.15, -0.1) is 5.10 Å². The molecule has 25 heavy (non-hydrogen) atoms. The van der Waals surface area contributed by atoms with Crippen molar-refractivity contribution in [2.24, 2.45) is 0 Å². The average Bonchev–Trinajstić information content (AvgIpc) is 3.05. The molecule has 0 saturated heterocycles. The Bertz CT molecular complexity index is 896. The van der Waals surface area contributed by atoms with Crippen molar-refractivity contribution >= 4 is 46.6 Å². The van der Waals surface area contributed by atoms with Gasteiger partial charge >= 0.3 is 0 Å². The Morgan fingerprint density at radius 2 is 1.96 bits per heavy atom. The van der Waals surface area contributed by atoms with E-state index >= 15 is 0 Å². The van der Waals surface area contributed by atoms with Crippen LogP contribution in [0, 0.1) is 6.92 Å². The number of nitrogens with one attached hydrogen (secondary N) is 2. The van der Waals surface area contributed by atoms with Crippen molar-refractivity contribution in [2.75, 3.05) is 11.1 Å². The van der Waals surface area contributed by atoms with Gasteiger partial charge in [-0.05, 0) is 48.9 Å². The first-order chi connectivity index (χ1) is 12.0. The monoisotopic (exact) mass is 392 g/mol. The van der Waals surface area contributed by atoms with E-state index in [1.54, 1.807) is 24.3 Å². The van der Waals surface area contributed by atoms with E-state index in [4.69, 9.17) is 23.2 Å². The van der Waals surface area contributed by atoms with Gasteiger partial charge in [-0.3, -0.25) is 9.89 Å². The molecule has 0 saturated carbocycles. The summed E-state index contributed by atoms with van der Waals surface area (Å²) in [5, 5.41) is 11.4. The van der Waals surface area contributed by atoms with Gasteiger partial charge < -0.3 is 5.32 Å². The lowest BCUT2D eigenvalue weighted by atomic mass is 10.2. The predicted octanol–water partition coefficient (Wildman–Crippen LogP) is 4.82. The van der Waals surface area contributed by atoms with E-state index in [2.05, 4.69) is 20.5 Å². The minimum Gasteiger partial charge on any atom is -0.324 e. The van der Waals surface area contributed by atoms with E-state index < -0.39 is 0 Å². The van der Waals surface area contributed by atoms with Gasteiger partial charge in [0, 0.05) is 10.6 Å². The molecule has 128 valence electrons. The Labute approximate surface area is 159 Å². The summed E-state index contributed by atoms with van der Waals surface area (Å²) >= 11 is 13.2. The zero-order valence-corrected chi connectivity index (χ0v) is 15.5. The Kier molecular flexibility index (Phi) is 5.63. The summed E-state index contributed by atoms with van der Waals surface area (Å²) in [6.07, 6.45) is 0. The molecule has 2 aromatic carbocycles. The van der Waals surface area contributed by atoms with Gasteiger partial charge in [-0.2, -0.15) is 0 Å². The van der Waals surface area contributed by atoms with Gasteiger partial charge in [-0.25, -0.2) is 4.98 Å². The van der Waals surface area contributed by atoms with Gasteiger partial charge in [0.1, 0.15) is 0 Å². The van der Waals surface area contributed by atoms with Gasteiger partial charge in [-0.1, -0.05) is 41.0 Å². The van der Waals surface area contributed by atoms with E-state index in [1.807, 2.05) is 25.1 Å². The lowest BCUT2D eigenvalue weighted by Crippen LogP contribution is -2.14. The highest BCUT2D eigenvalue weighted by atomic mass is 35.5. The van der Waals surface area contributed by atoms with Crippen LogP contribution in [-0.4, -0.2) is 26.8 Å². The summed E-state index contributed by atoms with van der Waals surface area (Å²) in [7, 11) is 0. The summed E-state index contributed by atoms with van der Waals surface area (Å²) < 4.78 is 0. The molecule has 5 nitrogen and oxygen atoms in total. The molecule has 0 radical (unpaired) electrons. The highest BCUT2D eigenvalue weighted by molar-refractivity contribution is 7.99. The maximum Gasteiger partial charge on any atom is 0.234 e. The largest absolute Gasteiger partial charge is 0.324 e. The predicted molar refractivity (Wildman–Crippen MR) is 102 cm³/mol. The number of H-pyrrole nitrogens is 1. The number of amides is 1. The second-order valence-corrected chi connectivity index (χ2v) is 7.08. The Morgan fingerprint density at radius 1 is 1.20 bits per heavy atom. The van der Waals surface area contributed by atoms with Crippen LogP contribution in [-0.2, 0) is 4.79 Å². The normalized spacial score (nSPS) is 10.7. The standard InChI is InChI=1S/C17H14Cl2N4OS/c1-10-2-7-14(13(19)8-10)20-15(24)9-25-17-21-16(22-23-17)11-3-5-12(18)6-4-11/h2-8H,9H2,1H3,(H,20,24)(H,21,22,23). The molecule has 2 N–H and O–H groups in total. The molecule has 0 atom stereocenters. The molecular weight excluding hydrogens is 379 g/mol. The lowest BCUT2D eigenvalue weighted by molar-refractivity contribution is -0.113. The van der Waals surface area contributed by atoms with Gasteiger partial charge in [0.15, 0.2) is 5.82 Å². The number of carbonyl (C=O) groups excluding carboxylic acids is 1. The van der Waals surface area contributed by atoms with Crippen LogP contribution >= 0.6 is 35.0 Å². The zero-order chi connectivity index (χ0) is 17.8. The molecule has 0 fully saturated rings. The van der Waals surface area contributed by atoms with Crippen LogP contribution in [0.3, 0.4) is 0 Å². The minimum atomic E-state index is -0.173. The summed E-state index contributed by atoms with van der Waals surface area (Å²) in [4.78, 5) is 16.4. The minimum absolute atomic E-state index is 0.173. The maximum atomic E-state index is 12.1. The SMILES string of the molecule is Cc1ccc(NC(=O)CSc2n[nH]c(-c3ccc(Cl)cc3)n2)c(Cl)c1. The lowest BCUT2D eigenvalue weighted by Gasteiger charge is -2.06. The van der Waals surface area contributed by atoms with Crippen molar-refractivity contribution in [1.29, 1.82) is 0 Å². The average molecular weight is 393 g/mol. The van der Waals surface area contributed by atoms with Crippen LogP contribution in [0.4, 0.5) is 5.69 Å². The summed E-state index contributed by atoms with van der Waals surface area (Å²) in [6.45, 7) is 1.94. The summed E-state index contributed by atoms with van der Waals surface area (Å²) in [6, 6.07) is 12.7. The van der Waals surface area contributed by atoms with E-state index in [1.165, 1.54) is 11.8 Å². The van der Waals surface area contributed by atoms with Crippen molar-refractivity contribution < 1.29 is 4.79 Å². The van der Waals surface area contributed by atoms with E-state index in [9.17, 15) is 4.79 Å². The maximum absolute atomic E-state index is 12.1. The van der Waals surface area contributed by atoms with E-state index in [0.29, 0.717) is 26.7 Å². The van der Waals surface area contributed by atoms with Gasteiger partial charge in [0.25, 0.3) is 0 Å². The first kappa shape index (κ1) is 17.8. The molecule has 0 unspecified atom stereocenters. The number of carbonyl (C=O) groups is 1. The molecule has 0 bridgehead atoms. The molecule has 0 aliphatic heterocycles. The number of nitrogens with zero attached hydrogens (tertiary/aromatic N) is 2. The van der Waals surface area contributed by atoms with Crippen LogP contribution in [0.1, 0.15) is 5.56 Å².